The van der Waals surface area contributed by atoms with Crippen molar-refractivity contribution < 1.29 is 14.0 Å². The predicted molar refractivity (Wildman–Crippen MR) is 84.1 cm³/mol. The van der Waals surface area contributed by atoms with Gasteiger partial charge < -0.3 is 21.4 Å². The van der Waals surface area contributed by atoms with Crippen LogP contribution >= 0.6 is 0 Å². The Morgan fingerprint density at radius 3 is 2.74 bits per heavy atom. The maximum absolute atomic E-state index is 13.6. The van der Waals surface area contributed by atoms with Gasteiger partial charge >= 0.3 is 0 Å². The van der Waals surface area contributed by atoms with E-state index in [1.165, 1.54) is 12.1 Å². The van der Waals surface area contributed by atoms with Crippen molar-refractivity contribution >= 4 is 34.8 Å². The first-order chi connectivity index (χ1) is 11.0. The van der Waals surface area contributed by atoms with Crippen molar-refractivity contribution in [3.05, 3.63) is 46.5 Å². The molecule has 1 aromatic heterocycles. The molecule has 6 nitrogen and oxygen atoms in total. The number of nitrogens with one attached hydrogen (secondary N) is 3. The first kappa shape index (κ1) is 13.6. The zero-order chi connectivity index (χ0) is 16.1. The van der Waals surface area contributed by atoms with E-state index in [1.54, 1.807) is 12.1 Å². The summed E-state index contributed by atoms with van der Waals surface area (Å²) >= 11 is 0. The number of H-pyrrole nitrogens is 1. The van der Waals surface area contributed by atoms with Crippen LogP contribution in [-0.2, 0) is 11.2 Å². The number of carbonyl (C=O) groups excluding carboxylic acids is 2. The average molecular weight is 312 g/mol. The lowest BCUT2D eigenvalue weighted by Crippen LogP contribution is -2.31. The summed E-state index contributed by atoms with van der Waals surface area (Å²) in [7, 11) is 0. The number of amides is 2. The van der Waals surface area contributed by atoms with E-state index in [2.05, 4.69) is 15.6 Å². The van der Waals surface area contributed by atoms with Crippen molar-refractivity contribution in [1.29, 1.82) is 0 Å². The summed E-state index contributed by atoms with van der Waals surface area (Å²) in [5.41, 5.74) is 9.09. The van der Waals surface area contributed by atoms with Crippen LogP contribution in [0.4, 0.5) is 15.8 Å². The number of anilines is 2. The van der Waals surface area contributed by atoms with Crippen LogP contribution in [0.5, 0.6) is 0 Å². The van der Waals surface area contributed by atoms with Crippen molar-refractivity contribution in [3.8, 4) is 0 Å². The molecule has 3 heterocycles. The van der Waals surface area contributed by atoms with Crippen molar-refractivity contribution in [2.24, 2.45) is 0 Å². The third-order valence-corrected chi connectivity index (χ3v) is 4.03. The summed E-state index contributed by atoms with van der Waals surface area (Å²) in [4.78, 5) is 27.1. The molecule has 4 rings (SSSR count). The average Bonchev–Trinajstić information content (AvgIpc) is 3.04. The summed E-state index contributed by atoms with van der Waals surface area (Å²) in [6, 6.07) is 4.12. The lowest BCUT2D eigenvalue weighted by molar-refractivity contribution is -0.110. The molecule has 0 radical (unpaired) electrons. The number of rotatable bonds is 1. The molecule has 23 heavy (non-hydrogen) atoms. The fraction of sp³-hybridized carbons (Fsp3) is 0.125. The van der Waals surface area contributed by atoms with Crippen LogP contribution in [0, 0.1) is 5.82 Å². The van der Waals surface area contributed by atoms with E-state index in [0.29, 0.717) is 41.0 Å². The Labute approximate surface area is 130 Å². The molecule has 7 heteroatoms. The molecule has 2 amide bonds. The normalized spacial score (nSPS) is 17.7. The molecule has 116 valence electrons. The van der Waals surface area contributed by atoms with Gasteiger partial charge in [0.2, 0.25) is 0 Å². The Hall–Kier alpha value is -3.09. The molecule has 2 aliphatic rings. The Morgan fingerprint density at radius 1 is 1.13 bits per heavy atom. The van der Waals surface area contributed by atoms with Gasteiger partial charge in [0.05, 0.1) is 22.5 Å². The highest BCUT2D eigenvalue weighted by Gasteiger charge is 2.27. The van der Waals surface area contributed by atoms with Crippen molar-refractivity contribution in [1.82, 2.24) is 10.3 Å². The number of fused-ring (bicyclic) bond motifs is 2. The molecule has 0 bridgehead atoms. The van der Waals surface area contributed by atoms with Gasteiger partial charge in [-0.05, 0) is 24.3 Å². The Balaban J connectivity index is 1.82. The first-order valence-electron chi connectivity index (χ1n) is 7.15. The number of aromatic nitrogens is 1. The van der Waals surface area contributed by atoms with Gasteiger partial charge in [-0.2, -0.15) is 0 Å². The standard InChI is InChI=1S/C16H13FN4O2/c17-7-3-9-10(16(23)21-14(9)12(18)4-7)5-8-6-11-13(20-8)1-2-19-15(11)22/h3-6,20H,1-2,18H2,(H,19,22)(H,21,23). The Bertz CT molecular complexity index is 898. The smallest absolute Gasteiger partial charge is 0.256 e. The number of halogens is 1. The lowest BCUT2D eigenvalue weighted by atomic mass is 10.0. The zero-order valence-electron chi connectivity index (χ0n) is 12.0. The second-order valence-electron chi connectivity index (χ2n) is 5.55. The molecule has 0 atom stereocenters. The highest BCUT2D eigenvalue weighted by atomic mass is 19.1. The maximum Gasteiger partial charge on any atom is 0.256 e. The van der Waals surface area contributed by atoms with Gasteiger partial charge in [0.15, 0.2) is 0 Å². The number of nitrogens with two attached hydrogens (primary N) is 1. The SMILES string of the molecule is Nc1cc(F)cc2c1NC(=O)C2=Cc1cc2c([nH]1)CCNC2=O. The summed E-state index contributed by atoms with van der Waals surface area (Å²) in [5.74, 6) is -0.998. The molecule has 0 unspecified atom stereocenters. The van der Waals surface area contributed by atoms with Crippen LogP contribution in [0.1, 0.15) is 27.3 Å². The third-order valence-electron chi connectivity index (χ3n) is 4.03. The molecular weight excluding hydrogens is 299 g/mol. The van der Waals surface area contributed by atoms with Gasteiger partial charge in [-0.15, -0.1) is 0 Å². The number of hydrogen-bond donors (Lipinski definition) is 4. The highest BCUT2D eigenvalue weighted by Crippen LogP contribution is 2.38. The van der Waals surface area contributed by atoms with E-state index in [4.69, 9.17) is 5.73 Å². The van der Waals surface area contributed by atoms with Crippen LogP contribution in [0.2, 0.25) is 0 Å². The van der Waals surface area contributed by atoms with Gasteiger partial charge in [-0.3, -0.25) is 9.59 Å². The largest absolute Gasteiger partial charge is 0.397 e. The molecule has 0 saturated heterocycles. The van der Waals surface area contributed by atoms with Gasteiger partial charge in [-0.1, -0.05) is 0 Å². The van der Waals surface area contributed by atoms with Gasteiger partial charge in [0.25, 0.3) is 11.8 Å². The van der Waals surface area contributed by atoms with Crippen molar-refractivity contribution in [2.75, 3.05) is 17.6 Å². The van der Waals surface area contributed by atoms with E-state index in [1.807, 2.05) is 0 Å². The van der Waals surface area contributed by atoms with Crippen LogP contribution in [-0.4, -0.2) is 23.3 Å². The number of carbonyl (C=O) groups is 2. The van der Waals surface area contributed by atoms with E-state index in [9.17, 15) is 14.0 Å². The maximum atomic E-state index is 13.6. The minimum absolute atomic E-state index is 0.140. The lowest BCUT2D eigenvalue weighted by Gasteiger charge is -2.10. The molecule has 2 aromatic rings. The molecule has 2 aliphatic heterocycles. The van der Waals surface area contributed by atoms with Crippen LogP contribution in [0.3, 0.4) is 0 Å². The quantitative estimate of drug-likeness (QED) is 0.474. The van der Waals surface area contributed by atoms with E-state index < -0.39 is 5.82 Å². The summed E-state index contributed by atoms with van der Waals surface area (Å²) < 4.78 is 13.6. The molecule has 0 spiro atoms. The van der Waals surface area contributed by atoms with Gasteiger partial charge in [0.1, 0.15) is 5.82 Å². The Kier molecular flexibility index (Phi) is 2.77. The molecular formula is C16H13FN4O2. The number of aromatic amines is 1. The first-order valence-corrected chi connectivity index (χ1v) is 7.15. The zero-order valence-corrected chi connectivity index (χ0v) is 12.0. The molecule has 0 aliphatic carbocycles. The second-order valence-corrected chi connectivity index (χ2v) is 5.55. The summed E-state index contributed by atoms with van der Waals surface area (Å²) in [5, 5.41) is 5.40. The second kappa shape index (κ2) is 4.70. The van der Waals surface area contributed by atoms with Crippen molar-refractivity contribution in [2.45, 2.75) is 6.42 Å². The van der Waals surface area contributed by atoms with Gasteiger partial charge in [-0.25, -0.2) is 4.39 Å². The van der Waals surface area contributed by atoms with Crippen LogP contribution in [0.25, 0.3) is 11.6 Å². The number of hydrogen-bond acceptors (Lipinski definition) is 3. The van der Waals surface area contributed by atoms with Crippen molar-refractivity contribution in [3.63, 3.8) is 0 Å². The monoisotopic (exact) mass is 312 g/mol. The fourth-order valence-electron chi connectivity index (χ4n) is 2.98. The molecule has 5 N–H and O–H groups in total. The highest BCUT2D eigenvalue weighted by molar-refractivity contribution is 6.35. The minimum atomic E-state index is -0.506. The number of nitrogen functional groups attached to an aromatic ring is 1. The topological polar surface area (TPSA) is 100 Å². The van der Waals surface area contributed by atoms with E-state index in [0.717, 1.165) is 5.69 Å². The Morgan fingerprint density at radius 2 is 1.96 bits per heavy atom. The summed E-state index contributed by atoms with van der Waals surface area (Å²) in [6.45, 7) is 0.577. The third kappa shape index (κ3) is 2.09. The van der Waals surface area contributed by atoms with Crippen LogP contribution in [0.15, 0.2) is 18.2 Å². The predicted octanol–water partition coefficient (Wildman–Crippen LogP) is 1.51. The van der Waals surface area contributed by atoms with E-state index >= 15 is 0 Å². The van der Waals surface area contributed by atoms with E-state index in [-0.39, 0.29) is 17.5 Å². The fourth-order valence-corrected chi connectivity index (χ4v) is 2.98. The minimum Gasteiger partial charge on any atom is -0.397 e. The molecule has 1 aromatic carbocycles. The number of benzene rings is 1. The van der Waals surface area contributed by atoms with Crippen LogP contribution < -0.4 is 16.4 Å². The molecule has 0 saturated carbocycles. The van der Waals surface area contributed by atoms with Gasteiger partial charge in [0, 0.05) is 29.9 Å². The summed E-state index contributed by atoms with van der Waals surface area (Å²) in [6.07, 6.45) is 2.31. The molecule has 0 fully saturated rings.